The van der Waals surface area contributed by atoms with Crippen LogP contribution in [0.1, 0.15) is 6.42 Å². The fourth-order valence-corrected chi connectivity index (χ4v) is 3.03. The number of pyridine rings is 1. The second-order valence-corrected chi connectivity index (χ2v) is 5.82. The van der Waals surface area contributed by atoms with Crippen LogP contribution in [-0.4, -0.2) is 34.1 Å². The van der Waals surface area contributed by atoms with Gasteiger partial charge in [0.05, 0.1) is 10.9 Å². The molecule has 0 spiro atoms. The Balaban J connectivity index is 1.53. The van der Waals surface area contributed by atoms with E-state index in [1.54, 1.807) is 24.4 Å². The molecule has 1 aromatic carbocycles. The summed E-state index contributed by atoms with van der Waals surface area (Å²) in [6, 6.07) is 10.3. The van der Waals surface area contributed by atoms with Crippen LogP contribution in [0.2, 0.25) is 0 Å². The minimum Gasteiger partial charge on any atom is -0.352 e. The van der Waals surface area contributed by atoms with Gasteiger partial charge in [-0.3, -0.25) is 9.78 Å². The number of fused-ring (bicyclic) bond motifs is 1. The molecule has 0 bridgehead atoms. The Morgan fingerprint density at radius 1 is 1.25 bits per heavy atom. The van der Waals surface area contributed by atoms with Gasteiger partial charge >= 0.3 is 0 Å². The lowest BCUT2D eigenvalue weighted by Gasteiger charge is -2.18. The van der Waals surface area contributed by atoms with Crippen LogP contribution in [0, 0.1) is 5.82 Å². The van der Waals surface area contributed by atoms with Gasteiger partial charge in [0, 0.05) is 25.3 Å². The molecule has 122 valence electrons. The normalized spacial score (nSPS) is 17.4. The minimum absolute atomic E-state index is 0.0655. The highest BCUT2D eigenvalue weighted by molar-refractivity contribution is 5.78. The number of halogens is 1. The molecule has 1 atom stereocenters. The Kier molecular flexibility index (Phi) is 3.60. The van der Waals surface area contributed by atoms with Gasteiger partial charge in [-0.1, -0.05) is 12.1 Å². The second kappa shape index (κ2) is 5.92. The summed E-state index contributed by atoms with van der Waals surface area (Å²) >= 11 is 0. The maximum absolute atomic E-state index is 13.8. The fraction of sp³-hybridized carbons (Fsp3) is 0.235. The molecule has 0 aliphatic carbocycles. The van der Waals surface area contributed by atoms with Crippen LogP contribution in [0.25, 0.3) is 10.9 Å². The van der Waals surface area contributed by atoms with Crippen molar-refractivity contribution in [3.63, 3.8) is 0 Å². The summed E-state index contributed by atoms with van der Waals surface area (Å²) in [4.78, 5) is 25.3. The van der Waals surface area contributed by atoms with Gasteiger partial charge in [0.2, 0.25) is 5.95 Å². The number of H-pyrrole nitrogens is 1. The van der Waals surface area contributed by atoms with E-state index in [2.05, 4.69) is 20.3 Å². The Morgan fingerprint density at radius 2 is 2.12 bits per heavy atom. The molecule has 0 amide bonds. The first-order valence-corrected chi connectivity index (χ1v) is 7.82. The third-order valence-corrected chi connectivity index (χ3v) is 4.18. The van der Waals surface area contributed by atoms with Crippen LogP contribution in [0.4, 0.5) is 16.2 Å². The molecule has 3 aromatic rings. The summed E-state index contributed by atoms with van der Waals surface area (Å²) in [5.74, 6) is 0.476. The van der Waals surface area contributed by atoms with Crippen molar-refractivity contribution in [2.45, 2.75) is 12.5 Å². The molecule has 7 heteroatoms. The van der Waals surface area contributed by atoms with Gasteiger partial charge in [-0.05, 0) is 30.7 Å². The summed E-state index contributed by atoms with van der Waals surface area (Å²) in [5.41, 5.74) is 0.475. The SMILES string of the molecule is O=c1[nH]c(NC2CCN(c3ncccc3F)C2)nc2ccccc12. The highest BCUT2D eigenvalue weighted by atomic mass is 19.1. The number of nitrogens with zero attached hydrogens (tertiary/aromatic N) is 3. The molecule has 4 rings (SSSR count). The Bertz CT molecular complexity index is 941. The van der Waals surface area contributed by atoms with Crippen LogP contribution >= 0.6 is 0 Å². The molecule has 3 heterocycles. The number of aromatic amines is 1. The van der Waals surface area contributed by atoms with Crippen LogP contribution in [0.5, 0.6) is 0 Å². The van der Waals surface area contributed by atoms with Gasteiger partial charge in [-0.25, -0.2) is 14.4 Å². The molecule has 1 aliphatic heterocycles. The highest BCUT2D eigenvalue weighted by Gasteiger charge is 2.25. The van der Waals surface area contributed by atoms with Gasteiger partial charge in [0.15, 0.2) is 11.6 Å². The molecule has 1 aliphatic rings. The van der Waals surface area contributed by atoms with Crippen molar-refractivity contribution in [3.05, 3.63) is 58.8 Å². The molecule has 1 unspecified atom stereocenters. The number of hydrogen-bond acceptors (Lipinski definition) is 5. The van der Waals surface area contributed by atoms with E-state index in [9.17, 15) is 9.18 Å². The second-order valence-electron chi connectivity index (χ2n) is 5.82. The van der Waals surface area contributed by atoms with Crippen molar-refractivity contribution in [1.82, 2.24) is 15.0 Å². The van der Waals surface area contributed by atoms with Gasteiger partial charge < -0.3 is 10.2 Å². The number of nitrogens with one attached hydrogen (secondary N) is 2. The van der Waals surface area contributed by atoms with Crippen molar-refractivity contribution in [2.75, 3.05) is 23.3 Å². The van der Waals surface area contributed by atoms with E-state index in [0.717, 1.165) is 6.42 Å². The van der Waals surface area contributed by atoms with Gasteiger partial charge in [0.25, 0.3) is 5.56 Å². The smallest absolute Gasteiger partial charge is 0.260 e. The molecule has 24 heavy (non-hydrogen) atoms. The maximum atomic E-state index is 13.8. The van der Waals surface area contributed by atoms with Crippen molar-refractivity contribution < 1.29 is 4.39 Å². The van der Waals surface area contributed by atoms with E-state index < -0.39 is 0 Å². The van der Waals surface area contributed by atoms with Crippen LogP contribution in [0.15, 0.2) is 47.4 Å². The molecule has 0 saturated carbocycles. The van der Waals surface area contributed by atoms with Crippen molar-refractivity contribution in [1.29, 1.82) is 0 Å². The van der Waals surface area contributed by atoms with Crippen LogP contribution < -0.4 is 15.8 Å². The third-order valence-electron chi connectivity index (χ3n) is 4.18. The average Bonchev–Trinajstić information content (AvgIpc) is 3.03. The van der Waals surface area contributed by atoms with E-state index in [1.165, 1.54) is 6.07 Å². The standard InChI is InChI=1S/C17H16FN5O/c18-13-5-3-8-19-15(13)23-9-7-11(10-23)20-17-21-14-6-2-1-4-12(14)16(24)22-17/h1-6,8,11H,7,9-10H2,(H2,20,21,22,24). The summed E-state index contributed by atoms with van der Waals surface area (Å²) in [5, 5.41) is 3.80. The summed E-state index contributed by atoms with van der Waals surface area (Å²) in [6.07, 6.45) is 2.40. The van der Waals surface area contributed by atoms with Gasteiger partial charge in [-0.2, -0.15) is 0 Å². The number of anilines is 2. The molecular formula is C17H16FN5O. The van der Waals surface area contributed by atoms with Crippen molar-refractivity contribution in [2.24, 2.45) is 0 Å². The monoisotopic (exact) mass is 325 g/mol. The zero-order valence-electron chi connectivity index (χ0n) is 12.9. The van der Waals surface area contributed by atoms with Crippen LogP contribution in [0.3, 0.4) is 0 Å². The number of hydrogen-bond donors (Lipinski definition) is 2. The number of aromatic nitrogens is 3. The van der Waals surface area contributed by atoms with Gasteiger partial charge in [-0.15, -0.1) is 0 Å². The van der Waals surface area contributed by atoms with Gasteiger partial charge in [0.1, 0.15) is 0 Å². The maximum Gasteiger partial charge on any atom is 0.260 e. The summed E-state index contributed by atoms with van der Waals surface area (Å²) in [6.45, 7) is 1.30. The third kappa shape index (κ3) is 2.68. The van der Waals surface area contributed by atoms with Crippen molar-refractivity contribution in [3.8, 4) is 0 Å². The first-order valence-electron chi connectivity index (χ1n) is 7.82. The zero-order chi connectivity index (χ0) is 16.5. The molecule has 2 N–H and O–H groups in total. The fourth-order valence-electron chi connectivity index (χ4n) is 3.03. The lowest BCUT2D eigenvalue weighted by Crippen LogP contribution is -2.28. The Labute approximate surface area is 137 Å². The number of benzene rings is 1. The Morgan fingerprint density at radius 3 is 3.00 bits per heavy atom. The zero-order valence-corrected chi connectivity index (χ0v) is 12.9. The molecule has 1 saturated heterocycles. The van der Waals surface area contributed by atoms with E-state index in [0.29, 0.717) is 35.8 Å². The first kappa shape index (κ1) is 14.6. The molecule has 6 nitrogen and oxygen atoms in total. The van der Waals surface area contributed by atoms with Crippen LogP contribution in [-0.2, 0) is 0 Å². The predicted molar refractivity (Wildman–Crippen MR) is 90.8 cm³/mol. The van der Waals surface area contributed by atoms with E-state index in [-0.39, 0.29) is 17.4 Å². The average molecular weight is 325 g/mol. The van der Waals surface area contributed by atoms with E-state index >= 15 is 0 Å². The largest absolute Gasteiger partial charge is 0.352 e. The lowest BCUT2D eigenvalue weighted by atomic mass is 10.2. The number of rotatable bonds is 3. The molecule has 2 aromatic heterocycles. The van der Waals surface area contributed by atoms with E-state index in [4.69, 9.17) is 0 Å². The highest BCUT2D eigenvalue weighted by Crippen LogP contribution is 2.22. The topological polar surface area (TPSA) is 73.9 Å². The lowest BCUT2D eigenvalue weighted by molar-refractivity contribution is 0.615. The molecule has 1 fully saturated rings. The van der Waals surface area contributed by atoms with Crippen molar-refractivity contribution >= 4 is 22.7 Å². The van der Waals surface area contributed by atoms with E-state index in [1.807, 2.05) is 17.0 Å². The number of para-hydroxylation sites is 1. The first-order chi connectivity index (χ1) is 11.7. The molecule has 0 radical (unpaired) electrons. The Hall–Kier alpha value is -2.96. The predicted octanol–water partition coefficient (Wildman–Crippen LogP) is 2.15. The quantitative estimate of drug-likeness (QED) is 0.772. The summed E-state index contributed by atoms with van der Waals surface area (Å²) in [7, 11) is 0. The minimum atomic E-state index is -0.324. The summed E-state index contributed by atoms with van der Waals surface area (Å²) < 4.78 is 13.8. The molecular weight excluding hydrogens is 309 g/mol.